The van der Waals surface area contributed by atoms with Crippen LogP contribution in [0.4, 0.5) is 9.52 Å². The molecule has 152 valence electrons. The van der Waals surface area contributed by atoms with Crippen LogP contribution in [0.3, 0.4) is 0 Å². The lowest BCUT2D eigenvalue weighted by molar-refractivity contribution is -0.118. The number of anilines is 1. The molecule has 7 heteroatoms. The Labute approximate surface area is 187 Å². The van der Waals surface area contributed by atoms with Crippen molar-refractivity contribution in [3.05, 3.63) is 89.2 Å². The van der Waals surface area contributed by atoms with E-state index >= 15 is 0 Å². The summed E-state index contributed by atoms with van der Waals surface area (Å²) in [5, 5.41) is 1.31. The summed E-state index contributed by atoms with van der Waals surface area (Å²) >= 11 is 9.10. The first-order valence-electron chi connectivity index (χ1n) is 9.37. The lowest BCUT2D eigenvalue weighted by Gasteiger charge is -2.20. The van der Waals surface area contributed by atoms with Gasteiger partial charge in [0.15, 0.2) is 5.13 Å². The van der Waals surface area contributed by atoms with E-state index in [1.165, 1.54) is 35.2 Å². The minimum atomic E-state index is -0.264. The molecule has 1 amide bonds. The van der Waals surface area contributed by atoms with Crippen LogP contribution in [0, 0.1) is 5.82 Å². The van der Waals surface area contributed by atoms with Gasteiger partial charge in [0.1, 0.15) is 5.82 Å². The Morgan fingerprint density at radius 3 is 2.60 bits per heavy atom. The van der Waals surface area contributed by atoms with E-state index in [0.29, 0.717) is 28.9 Å². The Morgan fingerprint density at radius 2 is 1.83 bits per heavy atom. The maximum Gasteiger partial charge on any atom is 0.229 e. The van der Waals surface area contributed by atoms with Gasteiger partial charge in [0.25, 0.3) is 0 Å². The highest BCUT2D eigenvalue weighted by atomic mass is 35.5. The number of rotatable bonds is 7. The largest absolute Gasteiger partial charge is 0.284 e. The summed E-state index contributed by atoms with van der Waals surface area (Å²) in [4.78, 5) is 20.5. The fourth-order valence-electron chi connectivity index (χ4n) is 2.95. The zero-order valence-electron chi connectivity index (χ0n) is 15.9. The van der Waals surface area contributed by atoms with Gasteiger partial charge in [-0.05, 0) is 48.0 Å². The van der Waals surface area contributed by atoms with Gasteiger partial charge in [0.2, 0.25) is 5.91 Å². The summed E-state index contributed by atoms with van der Waals surface area (Å²) in [6.45, 7) is 0.453. The number of hydrogen-bond donors (Lipinski definition) is 0. The molecule has 30 heavy (non-hydrogen) atoms. The topological polar surface area (TPSA) is 33.2 Å². The van der Waals surface area contributed by atoms with Gasteiger partial charge in [-0.1, -0.05) is 53.3 Å². The summed E-state index contributed by atoms with van der Waals surface area (Å²) in [7, 11) is 0. The molecule has 0 aliphatic carbocycles. The molecular weight excluding hydrogens is 439 g/mol. The number of nitrogens with zero attached hydrogens (tertiary/aromatic N) is 2. The molecule has 0 saturated heterocycles. The van der Waals surface area contributed by atoms with Crippen molar-refractivity contribution in [2.45, 2.75) is 17.9 Å². The van der Waals surface area contributed by atoms with Crippen LogP contribution in [-0.4, -0.2) is 16.6 Å². The molecule has 0 atom stereocenters. The first kappa shape index (κ1) is 20.8. The number of fused-ring (bicyclic) bond motifs is 1. The molecule has 3 aromatic carbocycles. The fraction of sp³-hybridized carbons (Fsp3) is 0.130. The molecule has 0 aliphatic rings. The predicted molar refractivity (Wildman–Crippen MR) is 124 cm³/mol. The van der Waals surface area contributed by atoms with E-state index < -0.39 is 0 Å². The normalized spacial score (nSPS) is 11.0. The second-order valence-corrected chi connectivity index (χ2v) is 9.24. The van der Waals surface area contributed by atoms with Crippen molar-refractivity contribution in [3.8, 4) is 0 Å². The van der Waals surface area contributed by atoms with E-state index in [4.69, 9.17) is 11.6 Å². The van der Waals surface area contributed by atoms with E-state index in [1.54, 1.807) is 23.1 Å². The van der Waals surface area contributed by atoms with Crippen molar-refractivity contribution in [2.75, 3.05) is 10.7 Å². The standard InChI is InChI=1S/C23H18ClFN2OS2/c24-17-6-11-20-21(14-17)30-23(26-20)27(15-16-4-2-1-3-5-16)22(28)12-13-29-19-9-7-18(25)8-10-19/h1-11,14H,12-13,15H2. The minimum Gasteiger partial charge on any atom is -0.284 e. The number of aromatic nitrogens is 1. The van der Waals surface area contributed by atoms with Crippen molar-refractivity contribution in [2.24, 2.45) is 0 Å². The maximum atomic E-state index is 13.1. The Balaban J connectivity index is 1.52. The van der Waals surface area contributed by atoms with Crippen LogP contribution < -0.4 is 4.90 Å². The molecular formula is C23H18ClFN2OS2. The lowest BCUT2D eigenvalue weighted by atomic mass is 10.2. The van der Waals surface area contributed by atoms with Crippen LogP contribution in [0.5, 0.6) is 0 Å². The molecule has 0 spiro atoms. The second-order valence-electron chi connectivity index (χ2n) is 6.63. The lowest BCUT2D eigenvalue weighted by Crippen LogP contribution is -2.30. The van der Waals surface area contributed by atoms with Crippen molar-refractivity contribution >= 4 is 56.0 Å². The molecule has 4 rings (SSSR count). The summed E-state index contributed by atoms with van der Waals surface area (Å²) in [5.41, 5.74) is 1.86. The number of thioether (sulfide) groups is 1. The average molecular weight is 457 g/mol. The van der Waals surface area contributed by atoms with E-state index in [-0.39, 0.29) is 11.7 Å². The molecule has 0 radical (unpaired) electrons. The summed E-state index contributed by atoms with van der Waals surface area (Å²) in [5.74, 6) is 0.339. The zero-order valence-corrected chi connectivity index (χ0v) is 18.3. The molecule has 0 saturated carbocycles. The maximum absolute atomic E-state index is 13.1. The van der Waals surface area contributed by atoms with Crippen molar-refractivity contribution in [3.63, 3.8) is 0 Å². The third kappa shape index (κ3) is 5.19. The summed E-state index contributed by atoms with van der Waals surface area (Å²) in [6, 6.07) is 21.7. The molecule has 4 aromatic rings. The zero-order chi connectivity index (χ0) is 20.9. The molecule has 0 bridgehead atoms. The number of carbonyl (C=O) groups is 1. The third-order valence-electron chi connectivity index (χ3n) is 4.45. The highest BCUT2D eigenvalue weighted by Gasteiger charge is 2.20. The number of benzene rings is 3. The van der Waals surface area contributed by atoms with Crippen molar-refractivity contribution < 1.29 is 9.18 Å². The Morgan fingerprint density at radius 1 is 1.07 bits per heavy atom. The van der Waals surface area contributed by atoms with Crippen LogP contribution in [0.25, 0.3) is 10.2 Å². The number of thiazole rings is 1. The van der Waals surface area contributed by atoms with Crippen LogP contribution >= 0.6 is 34.7 Å². The van der Waals surface area contributed by atoms with Gasteiger partial charge in [0, 0.05) is 22.1 Å². The monoisotopic (exact) mass is 456 g/mol. The number of amides is 1. The second kappa shape index (κ2) is 9.60. The van der Waals surface area contributed by atoms with E-state index in [1.807, 2.05) is 42.5 Å². The quantitative estimate of drug-likeness (QED) is 0.286. The van der Waals surface area contributed by atoms with Gasteiger partial charge >= 0.3 is 0 Å². The first-order valence-corrected chi connectivity index (χ1v) is 11.6. The Kier molecular flexibility index (Phi) is 6.67. The highest BCUT2D eigenvalue weighted by Crippen LogP contribution is 2.32. The van der Waals surface area contributed by atoms with E-state index in [9.17, 15) is 9.18 Å². The average Bonchev–Trinajstić information content (AvgIpc) is 3.17. The van der Waals surface area contributed by atoms with E-state index in [0.717, 1.165) is 20.7 Å². The van der Waals surface area contributed by atoms with Gasteiger partial charge < -0.3 is 0 Å². The number of hydrogen-bond acceptors (Lipinski definition) is 4. The SMILES string of the molecule is O=C(CCSc1ccc(F)cc1)N(Cc1ccccc1)c1nc2ccc(Cl)cc2s1. The molecule has 0 unspecified atom stereocenters. The van der Waals surface area contributed by atoms with Crippen LogP contribution in [0.15, 0.2) is 77.7 Å². The van der Waals surface area contributed by atoms with Gasteiger partial charge in [-0.25, -0.2) is 9.37 Å². The fourth-order valence-corrected chi connectivity index (χ4v) is 5.05. The van der Waals surface area contributed by atoms with Gasteiger partial charge in [-0.2, -0.15) is 0 Å². The molecule has 3 nitrogen and oxygen atoms in total. The van der Waals surface area contributed by atoms with Crippen LogP contribution in [0.2, 0.25) is 5.02 Å². The molecule has 0 fully saturated rings. The van der Waals surface area contributed by atoms with E-state index in [2.05, 4.69) is 4.98 Å². The smallest absolute Gasteiger partial charge is 0.229 e. The third-order valence-corrected chi connectivity index (χ3v) is 6.74. The predicted octanol–water partition coefficient (Wildman–Crippen LogP) is 6.80. The molecule has 1 aromatic heterocycles. The highest BCUT2D eigenvalue weighted by molar-refractivity contribution is 7.99. The Bertz CT molecular complexity index is 1150. The molecule has 1 heterocycles. The first-order chi connectivity index (χ1) is 14.6. The summed E-state index contributed by atoms with van der Waals surface area (Å²) in [6.07, 6.45) is 0.353. The number of carbonyl (C=O) groups excluding carboxylic acids is 1. The van der Waals surface area contributed by atoms with Gasteiger partial charge in [-0.3, -0.25) is 9.69 Å². The Hall–Kier alpha value is -2.41. The van der Waals surface area contributed by atoms with Crippen molar-refractivity contribution in [1.29, 1.82) is 0 Å². The van der Waals surface area contributed by atoms with Crippen molar-refractivity contribution in [1.82, 2.24) is 4.98 Å². The summed E-state index contributed by atoms with van der Waals surface area (Å²) < 4.78 is 14.0. The molecule has 0 aliphatic heterocycles. The van der Waals surface area contributed by atoms with Gasteiger partial charge in [0.05, 0.1) is 16.8 Å². The van der Waals surface area contributed by atoms with Crippen LogP contribution in [-0.2, 0) is 11.3 Å². The minimum absolute atomic E-state index is 0.00128. The number of halogens is 2. The molecule has 0 N–H and O–H groups in total. The van der Waals surface area contributed by atoms with Gasteiger partial charge in [-0.15, -0.1) is 11.8 Å². The van der Waals surface area contributed by atoms with Crippen LogP contribution in [0.1, 0.15) is 12.0 Å².